The molecule has 0 atom stereocenters. The molecule has 0 spiro atoms. The van der Waals surface area contributed by atoms with Gasteiger partial charge in [-0.15, -0.1) is 5.10 Å². The number of fused-ring (bicyclic) bond motifs is 1. The van der Waals surface area contributed by atoms with E-state index in [4.69, 9.17) is 16.3 Å². The zero-order valence-corrected chi connectivity index (χ0v) is 16.0. The van der Waals surface area contributed by atoms with E-state index in [-0.39, 0.29) is 16.1 Å². The third-order valence-electron chi connectivity index (χ3n) is 3.94. The Bertz CT molecular complexity index is 1260. The molecule has 0 unspecified atom stereocenters. The Morgan fingerprint density at radius 2 is 2.04 bits per heavy atom. The summed E-state index contributed by atoms with van der Waals surface area (Å²) < 4.78 is 20.9. The number of hydrogen-bond donors (Lipinski definition) is 0. The lowest BCUT2D eigenvalue weighted by Gasteiger charge is -2.02. The summed E-state index contributed by atoms with van der Waals surface area (Å²) in [5.74, 6) is 0.632. The molecule has 0 aliphatic heterocycles. The van der Waals surface area contributed by atoms with Gasteiger partial charge in [0.25, 0.3) is 5.56 Å². The van der Waals surface area contributed by atoms with Crippen molar-refractivity contribution in [1.29, 1.82) is 0 Å². The molecule has 0 aliphatic carbocycles. The number of thiazole rings is 1. The highest BCUT2D eigenvalue weighted by molar-refractivity contribution is 7.15. The van der Waals surface area contributed by atoms with Crippen LogP contribution in [0.15, 0.2) is 59.9 Å². The van der Waals surface area contributed by atoms with Crippen molar-refractivity contribution in [2.75, 3.05) is 6.61 Å². The third-order valence-corrected chi connectivity index (χ3v) is 5.23. The molecule has 4 rings (SSSR count). The van der Waals surface area contributed by atoms with Crippen LogP contribution in [0.5, 0.6) is 5.75 Å². The predicted octanol–water partition coefficient (Wildman–Crippen LogP) is 3.72. The van der Waals surface area contributed by atoms with Crippen LogP contribution in [0.4, 0.5) is 4.39 Å². The molecule has 140 valence electrons. The first-order chi connectivity index (χ1) is 13.6. The van der Waals surface area contributed by atoms with Crippen LogP contribution in [0, 0.1) is 5.82 Å². The average molecular weight is 414 g/mol. The topological polar surface area (TPSA) is 56.5 Å². The van der Waals surface area contributed by atoms with Crippen molar-refractivity contribution in [1.82, 2.24) is 14.6 Å². The fraction of sp³-hybridized carbons (Fsp3) is 0.0500. The van der Waals surface area contributed by atoms with Gasteiger partial charge in [-0.25, -0.2) is 4.39 Å². The molecule has 0 N–H and O–H groups in total. The minimum Gasteiger partial charge on any atom is -0.490 e. The molecule has 0 fully saturated rings. The van der Waals surface area contributed by atoms with Gasteiger partial charge in [0.05, 0.1) is 9.55 Å². The highest BCUT2D eigenvalue weighted by Gasteiger charge is 2.13. The van der Waals surface area contributed by atoms with Crippen molar-refractivity contribution in [3.05, 3.63) is 86.4 Å². The molecule has 5 nitrogen and oxygen atoms in total. The van der Waals surface area contributed by atoms with Gasteiger partial charge in [0, 0.05) is 11.1 Å². The molecule has 0 amide bonds. The molecule has 8 heteroatoms. The number of nitrogens with zero attached hydrogens (tertiary/aromatic N) is 3. The van der Waals surface area contributed by atoms with E-state index in [0.29, 0.717) is 27.7 Å². The zero-order valence-electron chi connectivity index (χ0n) is 14.4. The van der Waals surface area contributed by atoms with Crippen molar-refractivity contribution >= 4 is 34.0 Å². The summed E-state index contributed by atoms with van der Waals surface area (Å²) in [5.41, 5.74) is 0.550. The van der Waals surface area contributed by atoms with Crippen LogP contribution in [0.3, 0.4) is 0 Å². The molecule has 0 bridgehead atoms. The van der Waals surface area contributed by atoms with Crippen molar-refractivity contribution in [2.45, 2.75) is 0 Å². The van der Waals surface area contributed by atoms with Crippen LogP contribution in [0.1, 0.15) is 5.56 Å². The zero-order chi connectivity index (χ0) is 19.7. The molecule has 2 aromatic carbocycles. The Balaban J connectivity index is 1.71. The third kappa shape index (κ3) is 3.42. The summed E-state index contributed by atoms with van der Waals surface area (Å²) >= 11 is 7.16. The molecule has 2 aromatic heterocycles. The second kappa shape index (κ2) is 7.53. The van der Waals surface area contributed by atoms with E-state index < -0.39 is 5.82 Å². The minimum atomic E-state index is -0.495. The van der Waals surface area contributed by atoms with Gasteiger partial charge in [-0.3, -0.25) is 4.79 Å². The largest absolute Gasteiger partial charge is 0.490 e. The van der Waals surface area contributed by atoms with Crippen LogP contribution in [-0.2, 0) is 0 Å². The molecular formula is C20H13ClFN3O2S. The van der Waals surface area contributed by atoms with Crippen LogP contribution in [0.25, 0.3) is 22.4 Å². The predicted molar refractivity (Wildman–Crippen MR) is 108 cm³/mol. The van der Waals surface area contributed by atoms with Crippen LogP contribution in [0.2, 0.25) is 5.02 Å². The van der Waals surface area contributed by atoms with Crippen molar-refractivity contribution in [3.63, 3.8) is 0 Å². The molecule has 0 aliphatic rings. The Labute approximate surface area is 168 Å². The van der Waals surface area contributed by atoms with Crippen LogP contribution >= 0.6 is 22.9 Å². The highest BCUT2D eigenvalue weighted by Crippen LogP contribution is 2.21. The standard InChI is InChI=1S/C20H13ClFN3O2S/c1-2-10-27-13-8-6-12(7-9-13)18-23-20-25(24-18)19(26)17(28-20)11-14-15(21)4-3-5-16(14)22/h2-9,11H,1,10H2/b17-11-. The normalized spacial score (nSPS) is 11.9. The van der Waals surface area contributed by atoms with Gasteiger partial charge in [-0.05, 0) is 42.5 Å². The number of ether oxygens (including phenoxy) is 1. The Kier molecular flexibility index (Phi) is 4.93. The van der Waals surface area contributed by atoms with Gasteiger partial charge in [0.2, 0.25) is 4.96 Å². The molecule has 2 heterocycles. The maximum Gasteiger partial charge on any atom is 0.291 e. The fourth-order valence-corrected chi connectivity index (χ4v) is 3.70. The first kappa shape index (κ1) is 18.3. The summed E-state index contributed by atoms with van der Waals surface area (Å²) in [6.45, 7) is 4.02. The number of benzene rings is 2. The molecular weight excluding hydrogens is 401 g/mol. The van der Waals surface area contributed by atoms with Crippen molar-refractivity contribution in [2.24, 2.45) is 0 Å². The van der Waals surface area contributed by atoms with E-state index in [1.807, 2.05) is 12.1 Å². The van der Waals surface area contributed by atoms with E-state index in [2.05, 4.69) is 16.7 Å². The van der Waals surface area contributed by atoms with E-state index in [1.54, 1.807) is 24.3 Å². The summed E-state index contributed by atoms with van der Waals surface area (Å²) in [6.07, 6.45) is 3.09. The lowest BCUT2D eigenvalue weighted by Crippen LogP contribution is -2.23. The van der Waals surface area contributed by atoms with Crippen LogP contribution in [-0.4, -0.2) is 21.2 Å². The maximum absolute atomic E-state index is 14.0. The highest BCUT2D eigenvalue weighted by atomic mass is 35.5. The second-order valence-corrected chi connectivity index (χ2v) is 7.22. The Hall–Kier alpha value is -3.03. The van der Waals surface area contributed by atoms with E-state index in [1.165, 1.54) is 22.7 Å². The summed E-state index contributed by atoms with van der Waals surface area (Å²) in [4.78, 5) is 17.4. The lowest BCUT2D eigenvalue weighted by molar-refractivity contribution is 0.363. The quantitative estimate of drug-likeness (QED) is 0.468. The minimum absolute atomic E-state index is 0.168. The summed E-state index contributed by atoms with van der Waals surface area (Å²) in [5, 5.41) is 4.52. The lowest BCUT2D eigenvalue weighted by atomic mass is 10.2. The summed E-state index contributed by atoms with van der Waals surface area (Å²) in [6, 6.07) is 11.6. The van der Waals surface area contributed by atoms with Crippen LogP contribution < -0.4 is 14.8 Å². The monoisotopic (exact) mass is 413 g/mol. The fourth-order valence-electron chi connectivity index (χ4n) is 2.59. The van der Waals surface area contributed by atoms with Gasteiger partial charge in [0.1, 0.15) is 18.2 Å². The molecule has 0 radical (unpaired) electrons. The summed E-state index contributed by atoms with van der Waals surface area (Å²) in [7, 11) is 0. The maximum atomic E-state index is 14.0. The number of aromatic nitrogens is 3. The molecule has 0 saturated heterocycles. The molecule has 4 aromatic rings. The number of rotatable bonds is 5. The van der Waals surface area contributed by atoms with Crippen molar-refractivity contribution in [3.8, 4) is 17.1 Å². The Morgan fingerprint density at radius 3 is 2.71 bits per heavy atom. The van der Waals surface area contributed by atoms with E-state index >= 15 is 0 Å². The Morgan fingerprint density at radius 1 is 1.25 bits per heavy atom. The average Bonchev–Trinajstić information content (AvgIpc) is 3.23. The first-order valence-electron chi connectivity index (χ1n) is 8.26. The second-order valence-electron chi connectivity index (χ2n) is 5.80. The molecule has 28 heavy (non-hydrogen) atoms. The molecule has 0 saturated carbocycles. The SMILES string of the molecule is C=CCOc1ccc(-c2nc3s/c(=C\c4c(F)cccc4Cl)c(=O)n3n2)cc1. The smallest absolute Gasteiger partial charge is 0.291 e. The first-order valence-corrected chi connectivity index (χ1v) is 9.45. The van der Waals surface area contributed by atoms with Gasteiger partial charge in [-0.1, -0.05) is 41.7 Å². The van der Waals surface area contributed by atoms with E-state index in [9.17, 15) is 9.18 Å². The van der Waals surface area contributed by atoms with Gasteiger partial charge < -0.3 is 4.74 Å². The van der Waals surface area contributed by atoms with Gasteiger partial charge in [-0.2, -0.15) is 9.50 Å². The van der Waals surface area contributed by atoms with E-state index in [0.717, 1.165) is 16.9 Å². The number of hydrogen-bond acceptors (Lipinski definition) is 5. The number of halogens is 2. The van der Waals surface area contributed by atoms with Crippen molar-refractivity contribution < 1.29 is 9.13 Å². The van der Waals surface area contributed by atoms with Gasteiger partial charge >= 0.3 is 0 Å². The van der Waals surface area contributed by atoms with Gasteiger partial charge in [0.15, 0.2) is 5.82 Å².